The van der Waals surface area contributed by atoms with Crippen LogP contribution in [-0.2, 0) is 20.5 Å². The lowest BCUT2D eigenvalue weighted by Crippen LogP contribution is -2.47. The van der Waals surface area contributed by atoms with E-state index in [4.69, 9.17) is 31.7 Å². The van der Waals surface area contributed by atoms with E-state index in [9.17, 15) is 4.79 Å². The number of hydrogen-bond acceptors (Lipinski definition) is 4. The lowest BCUT2D eigenvalue weighted by Gasteiger charge is -2.21. The summed E-state index contributed by atoms with van der Waals surface area (Å²) in [5.41, 5.74) is 5.79. The van der Waals surface area contributed by atoms with Crippen LogP contribution in [0.1, 0.15) is 12.5 Å². The van der Waals surface area contributed by atoms with Crippen molar-refractivity contribution in [3.8, 4) is 0 Å². The Morgan fingerprint density at radius 2 is 1.80 bits per heavy atom. The Morgan fingerprint density at radius 1 is 1.40 bits per heavy atom. The fraction of sp³-hybridized carbons (Fsp3) is 0.364. The van der Waals surface area contributed by atoms with Gasteiger partial charge in [0.2, 0.25) is 0 Å². The van der Waals surface area contributed by atoms with E-state index in [1.54, 1.807) is 19.1 Å². The smallest absolute Gasteiger partial charge is 0.419 e. The molecule has 4 N–H and O–H groups in total. The van der Waals surface area contributed by atoms with Crippen LogP contribution in [0.3, 0.4) is 0 Å². The topological polar surface area (TPSA) is 110 Å². The van der Waals surface area contributed by atoms with Gasteiger partial charge in [-0.2, -0.15) is 0 Å². The average molecular weight is 344 g/mol. The number of halogens is 2. The quantitative estimate of drug-likeness (QED) is 0.572. The molecule has 0 saturated carbocycles. The van der Waals surface area contributed by atoms with Crippen LogP contribution in [0.25, 0.3) is 0 Å². The van der Waals surface area contributed by atoms with Crippen LogP contribution >= 0.6 is 29.8 Å². The van der Waals surface area contributed by atoms with Gasteiger partial charge in [0.1, 0.15) is 5.54 Å². The molecule has 114 valence electrons. The number of benzene rings is 1. The third kappa shape index (κ3) is 9.31. The second-order valence-electron chi connectivity index (χ2n) is 4.19. The molecule has 0 fully saturated rings. The molecule has 0 saturated heterocycles. The first-order valence-corrected chi connectivity index (χ1v) is 8.22. The van der Waals surface area contributed by atoms with E-state index in [2.05, 4.69) is 16.0 Å². The van der Waals surface area contributed by atoms with E-state index in [0.717, 1.165) is 5.56 Å². The lowest BCUT2D eigenvalue weighted by atomic mass is 9.94. The molecule has 0 aliphatic rings. The fourth-order valence-electron chi connectivity index (χ4n) is 1.33. The van der Waals surface area contributed by atoms with Crippen molar-refractivity contribution in [3.05, 3.63) is 34.9 Å². The molecular weight excluding hydrogens is 328 g/mol. The van der Waals surface area contributed by atoms with Crippen molar-refractivity contribution in [2.45, 2.75) is 18.9 Å². The highest BCUT2D eigenvalue weighted by molar-refractivity contribution is 7.79. The van der Waals surface area contributed by atoms with Crippen molar-refractivity contribution in [1.82, 2.24) is 0 Å². The minimum Gasteiger partial charge on any atom is -0.468 e. The first-order chi connectivity index (χ1) is 8.95. The van der Waals surface area contributed by atoms with E-state index in [1.165, 1.54) is 7.11 Å². The third-order valence-corrected chi connectivity index (χ3v) is 2.39. The molecule has 0 aliphatic carbocycles. The Balaban J connectivity index is 0.000000621. The number of hydrogen-bond donors (Lipinski definition) is 3. The molecule has 20 heavy (non-hydrogen) atoms. The van der Waals surface area contributed by atoms with Crippen LogP contribution in [0.5, 0.6) is 0 Å². The van der Waals surface area contributed by atoms with Gasteiger partial charge in [-0.25, -0.2) is 4.57 Å². The SMILES string of the molecule is COC(=O)C(C)(N)Cc1ccc(Cl)cc1.O=P(O)(O)Cl. The highest BCUT2D eigenvalue weighted by Gasteiger charge is 2.29. The summed E-state index contributed by atoms with van der Waals surface area (Å²) in [6, 6.07) is 7.22. The van der Waals surface area contributed by atoms with Gasteiger partial charge in [-0.15, -0.1) is 0 Å². The molecule has 0 bridgehead atoms. The van der Waals surface area contributed by atoms with Crippen LogP contribution < -0.4 is 5.73 Å². The fourth-order valence-corrected chi connectivity index (χ4v) is 1.46. The molecule has 1 rings (SSSR count). The van der Waals surface area contributed by atoms with Crippen LogP contribution in [0.2, 0.25) is 5.02 Å². The maximum Gasteiger partial charge on any atom is 0.419 e. The number of methoxy groups -OCH3 is 1. The zero-order valence-corrected chi connectivity index (χ0v) is 13.3. The number of nitrogens with two attached hydrogens (primary N) is 1. The molecule has 1 aromatic rings. The van der Waals surface area contributed by atoms with E-state index >= 15 is 0 Å². The maximum atomic E-state index is 11.3. The number of ether oxygens (including phenoxy) is 1. The summed E-state index contributed by atoms with van der Waals surface area (Å²) >= 11 is 9.95. The van der Waals surface area contributed by atoms with E-state index < -0.39 is 18.5 Å². The van der Waals surface area contributed by atoms with Crippen LogP contribution in [0.15, 0.2) is 24.3 Å². The zero-order chi connectivity index (χ0) is 16.0. The molecule has 0 aromatic heterocycles. The Kier molecular flexibility index (Phi) is 7.73. The monoisotopic (exact) mass is 343 g/mol. The van der Waals surface area contributed by atoms with Crippen molar-refractivity contribution >= 4 is 35.8 Å². The molecule has 0 heterocycles. The number of carbonyl (C=O) groups excluding carboxylic acids is 1. The molecular formula is C11H16Cl2NO5P. The van der Waals surface area contributed by atoms with Gasteiger partial charge in [-0.3, -0.25) is 4.79 Å². The third-order valence-electron chi connectivity index (χ3n) is 2.14. The summed E-state index contributed by atoms with van der Waals surface area (Å²) in [7, 11) is 1.33. The highest BCUT2D eigenvalue weighted by Crippen LogP contribution is 2.39. The number of esters is 1. The van der Waals surface area contributed by atoms with Gasteiger partial charge in [-0.1, -0.05) is 23.7 Å². The predicted octanol–water partition coefficient (Wildman–Crippen LogP) is 2.09. The van der Waals surface area contributed by atoms with Crippen LogP contribution in [-0.4, -0.2) is 28.4 Å². The van der Waals surface area contributed by atoms with Crippen molar-refractivity contribution in [2.24, 2.45) is 5.73 Å². The van der Waals surface area contributed by atoms with Crippen molar-refractivity contribution in [1.29, 1.82) is 0 Å². The second kappa shape index (κ2) is 7.98. The molecule has 9 heteroatoms. The summed E-state index contributed by atoms with van der Waals surface area (Å²) in [5, 5.41) is 0.663. The summed E-state index contributed by atoms with van der Waals surface area (Å²) in [6.45, 7) is -2.52. The minimum absolute atomic E-state index is 0.419. The Morgan fingerprint density at radius 3 is 2.15 bits per heavy atom. The molecule has 0 amide bonds. The maximum absolute atomic E-state index is 11.3. The number of carbonyl (C=O) groups is 1. The molecule has 0 aliphatic heterocycles. The van der Waals surface area contributed by atoms with E-state index in [1.807, 2.05) is 12.1 Å². The van der Waals surface area contributed by atoms with Crippen molar-refractivity contribution in [3.63, 3.8) is 0 Å². The van der Waals surface area contributed by atoms with E-state index in [0.29, 0.717) is 11.4 Å². The van der Waals surface area contributed by atoms with Gasteiger partial charge in [0, 0.05) is 22.7 Å². The average Bonchev–Trinajstić information content (AvgIpc) is 2.28. The lowest BCUT2D eigenvalue weighted by molar-refractivity contribution is -0.146. The molecule has 1 unspecified atom stereocenters. The van der Waals surface area contributed by atoms with Gasteiger partial charge in [0.05, 0.1) is 7.11 Å². The Hall–Kier alpha value is -0.620. The molecule has 1 atom stereocenters. The summed E-state index contributed by atoms with van der Waals surface area (Å²) in [4.78, 5) is 26.1. The molecule has 0 radical (unpaired) electrons. The van der Waals surface area contributed by atoms with Crippen molar-refractivity contribution in [2.75, 3.05) is 7.11 Å². The van der Waals surface area contributed by atoms with Gasteiger partial charge >= 0.3 is 12.9 Å². The Bertz CT molecular complexity index is 478. The first-order valence-electron chi connectivity index (χ1n) is 5.32. The zero-order valence-electron chi connectivity index (χ0n) is 10.9. The van der Waals surface area contributed by atoms with Gasteiger partial charge in [0.25, 0.3) is 0 Å². The highest BCUT2D eigenvalue weighted by atomic mass is 35.7. The second-order valence-corrected chi connectivity index (χ2v) is 6.89. The van der Waals surface area contributed by atoms with Crippen LogP contribution in [0, 0.1) is 0 Å². The summed E-state index contributed by atoms with van der Waals surface area (Å²) < 4.78 is 13.7. The van der Waals surface area contributed by atoms with Gasteiger partial charge in [-0.05, 0) is 24.6 Å². The minimum atomic E-state index is -4.17. The van der Waals surface area contributed by atoms with E-state index in [-0.39, 0.29) is 0 Å². The van der Waals surface area contributed by atoms with Gasteiger partial charge < -0.3 is 20.3 Å². The van der Waals surface area contributed by atoms with Crippen molar-refractivity contribution < 1.29 is 23.9 Å². The number of rotatable bonds is 3. The summed E-state index contributed by atoms with van der Waals surface area (Å²) in [6.07, 6.45) is 0.427. The van der Waals surface area contributed by atoms with Crippen LogP contribution in [0.4, 0.5) is 0 Å². The molecule has 1 aromatic carbocycles. The predicted molar refractivity (Wildman–Crippen MR) is 77.7 cm³/mol. The summed E-state index contributed by atoms with van der Waals surface area (Å²) in [5.74, 6) is -0.419. The Labute approximate surface area is 126 Å². The largest absolute Gasteiger partial charge is 0.468 e. The molecule has 6 nitrogen and oxygen atoms in total. The standard InChI is InChI=1S/C11H14ClNO2.ClH2O3P/c1-11(13,10(14)15-2)7-8-3-5-9(12)6-4-8;1-5(2,3)4/h3-6H,7,13H2,1-2H3;(H2,2,3,4). The van der Waals surface area contributed by atoms with Gasteiger partial charge in [0.15, 0.2) is 0 Å². The molecule has 0 spiro atoms. The normalized spacial score (nSPS) is 13.8. The first kappa shape index (κ1) is 19.4.